The van der Waals surface area contributed by atoms with Gasteiger partial charge in [-0.1, -0.05) is 6.42 Å². The highest BCUT2D eigenvalue weighted by Crippen LogP contribution is 2.13. The molecule has 0 spiro atoms. The van der Waals surface area contributed by atoms with Crippen molar-refractivity contribution < 1.29 is 28.8 Å². The maximum atomic E-state index is 11.0. The highest BCUT2D eigenvalue weighted by atomic mass is 16.7. The number of ether oxygens (including phenoxy) is 4. The van der Waals surface area contributed by atoms with Crippen LogP contribution in [0.5, 0.6) is 0 Å². The molecular weight excluding hydrogens is 444 g/mol. The highest BCUT2D eigenvalue weighted by Gasteiger charge is 2.18. The van der Waals surface area contributed by atoms with Crippen molar-refractivity contribution in [3.8, 4) is 0 Å². The van der Waals surface area contributed by atoms with Gasteiger partial charge in [0, 0.05) is 53.2 Å². The summed E-state index contributed by atoms with van der Waals surface area (Å²) in [4.78, 5) is 22.3. The summed E-state index contributed by atoms with van der Waals surface area (Å²) in [6, 6.07) is -0.841. The molecule has 2 heterocycles. The zero-order valence-electron chi connectivity index (χ0n) is 20.5. The van der Waals surface area contributed by atoms with E-state index in [0.29, 0.717) is 39.0 Å². The van der Waals surface area contributed by atoms with Crippen LogP contribution in [0, 0.1) is 0 Å². The second kappa shape index (κ2) is 14.8. The third-order valence-corrected chi connectivity index (χ3v) is 5.63. The Kier molecular flexibility index (Phi) is 12.2. The number of aromatic nitrogens is 4. The predicted octanol–water partition coefficient (Wildman–Crippen LogP) is 0.902. The minimum atomic E-state index is -0.974. The van der Waals surface area contributed by atoms with Crippen LogP contribution in [0.4, 0.5) is 0 Å². The molecule has 0 fully saturated rings. The molecule has 1 unspecified atom stereocenters. The maximum Gasteiger partial charge on any atom is 0.320 e. The van der Waals surface area contributed by atoms with Gasteiger partial charge in [-0.25, -0.2) is 9.97 Å². The Hall–Kier alpha value is -2.35. The summed E-state index contributed by atoms with van der Waals surface area (Å²) in [6.45, 7) is 2.90. The first kappa shape index (κ1) is 27.9. The highest BCUT2D eigenvalue weighted by molar-refractivity contribution is 5.72. The molecule has 0 bridgehead atoms. The van der Waals surface area contributed by atoms with E-state index in [0.717, 1.165) is 24.6 Å². The fraction of sp³-hybridized carbons (Fsp3) is 0.682. The van der Waals surface area contributed by atoms with E-state index in [9.17, 15) is 4.79 Å². The molecule has 0 saturated heterocycles. The smallest absolute Gasteiger partial charge is 0.320 e. The summed E-state index contributed by atoms with van der Waals surface area (Å²) >= 11 is 0. The van der Waals surface area contributed by atoms with E-state index in [-0.39, 0.29) is 12.6 Å². The van der Waals surface area contributed by atoms with Crippen LogP contribution in [-0.2, 0) is 49.9 Å². The largest absolute Gasteiger partial charge is 0.480 e. The Labute approximate surface area is 200 Å². The van der Waals surface area contributed by atoms with Crippen LogP contribution in [0.3, 0.4) is 0 Å². The Morgan fingerprint density at radius 1 is 0.941 bits per heavy atom. The Balaban J connectivity index is 2.11. The third-order valence-electron chi connectivity index (χ3n) is 5.63. The first-order valence-corrected chi connectivity index (χ1v) is 11.2. The average molecular weight is 483 g/mol. The second-order valence-corrected chi connectivity index (χ2v) is 7.94. The Bertz CT molecular complexity index is 781. The van der Waals surface area contributed by atoms with E-state index >= 15 is 0 Å². The van der Waals surface area contributed by atoms with Gasteiger partial charge in [-0.2, -0.15) is 0 Å². The van der Waals surface area contributed by atoms with Crippen molar-refractivity contribution in [1.29, 1.82) is 0 Å². The van der Waals surface area contributed by atoms with Crippen LogP contribution < -0.4 is 5.73 Å². The molecule has 2 aromatic rings. The Morgan fingerprint density at radius 3 is 1.82 bits per heavy atom. The van der Waals surface area contributed by atoms with Crippen LogP contribution >= 0.6 is 0 Å². The van der Waals surface area contributed by atoms with Gasteiger partial charge in [0.2, 0.25) is 0 Å². The fourth-order valence-corrected chi connectivity index (χ4v) is 3.56. The molecule has 2 aromatic heterocycles. The van der Waals surface area contributed by atoms with Gasteiger partial charge in [0.15, 0.2) is 12.6 Å². The maximum absolute atomic E-state index is 11.0. The number of rotatable bonds is 18. The van der Waals surface area contributed by atoms with E-state index in [1.165, 1.54) is 0 Å². The van der Waals surface area contributed by atoms with Crippen LogP contribution in [0.15, 0.2) is 24.8 Å². The van der Waals surface area contributed by atoms with E-state index in [1.54, 1.807) is 40.8 Å². The van der Waals surface area contributed by atoms with Crippen molar-refractivity contribution >= 4 is 5.97 Å². The molecule has 0 aliphatic rings. The van der Waals surface area contributed by atoms with Gasteiger partial charge in [-0.15, -0.1) is 0 Å². The lowest BCUT2D eigenvalue weighted by molar-refractivity contribution is -0.138. The number of carboxylic acids is 1. The van der Waals surface area contributed by atoms with Gasteiger partial charge in [0.05, 0.1) is 26.2 Å². The van der Waals surface area contributed by atoms with Crippen LogP contribution in [0.2, 0.25) is 0 Å². The quantitative estimate of drug-likeness (QED) is 0.233. The molecule has 0 aromatic carbocycles. The molecule has 192 valence electrons. The van der Waals surface area contributed by atoms with Crippen molar-refractivity contribution in [2.75, 3.05) is 35.0 Å². The monoisotopic (exact) mass is 482 g/mol. The summed E-state index contributed by atoms with van der Waals surface area (Å²) < 4.78 is 25.3. The van der Waals surface area contributed by atoms with E-state index < -0.39 is 12.0 Å². The molecule has 0 saturated carbocycles. The summed E-state index contributed by atoms with van der Waals surface area (Å²) in [5, 5.41) is 9.02. The van der Waals surface area contributed by atoms with Gasteiger partial charge < -0.3 is 38.9 Å². The van der Waals surface area contributed by atoms with E-state index in [1.807, 2.05) is 21.5 Å². The number of imidazole rings is 2. The topological polar surface area (TPSA) is 139 Å². The summed E-state index contributed by atoms with van der Waals surface area (Å²) in [5.41, 5.74) is 5.65. The predicted molar refractivity (Wildman–Crippen MR) is 124 cm³/mol. The minimum Gasteiger partial charge on any atom is -0.480 e. The number of nitrogens with zero attached hydrogens (tertiary/aromatic N) is 5. The number of hydrogen-bond donors (Lipinski definition) is 2. The summed E-state index contributed by atoms with van der Waals surface area (Å²) in [7, 11) is 6.41. The second-order valence-electron chi connectivity index (χ2n) is 7.94. The van der Waals surface area contributed by atoms with Gasteiger partial charge in [-0.3, -0.25) is 9.69 Å². The van der Waals surface area contributed by atoms with Crippen molar-refractivity contribution in [3.63, 3.8) is 0 Å². The zero-order chi connectivity index (χ0) is 24.9. The van der Waals surface area contributed by atoms with Gasteiger partial charge in [0.25, 0.3) is 0 Å². The molecule has 2 rings (SSSR count). The number of methoxy groups -OCH3 is 4. The summed E-state index contributed by atoms with van der Waals surface area (Å²) in [5.74, 6) is 0.759. The van der Waals surface area contributed by atoms with Crippen molar-refractivity contribution in [2.45, 2.75) is 64.1 Å². The molecule has 3 N–H and O–H groups in total. The number of carboxylic acid groups (broad SMARTS) is 1. The van der Waals surface area contributed by atoms with Crippen LogP contribution in [0.1, 0.15) is 30.9 Å². The normalized spacial score (nSPS) is 12.8. The molecule has 0 aliphatic carbocycles. The lowest BCUT2D eigenvalue weighted by Gasteiger charge is -2.24. The minimum absolute atomic E-state index is 0.377. The van der Waals surface area contributed by atoms with Crippen molar-refractivity contribution in [2.24, 2.45) is 5.73 Å². The summed E-state index contributed by atoms with van der Waals surface area (Å²) in [6.07, 6.45) is 8.47. The molecule has 1 atom stereocenters. The standard InChI is InChI=1S/C22H38N6O6/c1-31-20(32-2)15-27-11-8-24-18(27)13-26(10-6-5-7-17(23)22(29)30)14-19-25-9-12-28(19)16-21(33-3)34-4/h8-9,11-12,17,20-21H,5-7,10,13-16,23H2,1-4H3,(H,29,30). The number of nitrogens with two attached hydrogens (primary N) is 1. The lowest BCUT2D eigenvalue weighted by atomic mass is 10.1. The number of carbonyl (C=O) groups is 1. The molecular formula is C22H38N6O6. The SMILES string of the molecule is COC(Cn1ccnc1CN(CCCCC(N)C(=O)O)Cc1nccn1CC(OC)OC)OC. The fourth-order valence-electron chi connectivity index (χ4n) is 3.56. The van der Waals surface area contributed by atoms with Crippen molar-refractivity contribution in [1.82, 2.24) is 24.0 Å². The van der Waals surface area contributed by atoms with Gasteiger partial charge in [0.1, 0.15) is 17.7 Å². The molecule has 0 aliphatic heterocycles. The number of aliphatic carboxylic acids is 1. The van der Waals surface area contributed by atoms with Crippen LogP contribution in [-0.4, -0.2) is 88.7 Å². The molecule has 0 radical (unpaired) electrons. The number of hydrogen-bond acceptors (Lipinski definition) is 9. The van der Waals surface area contributed by atoms with E-state index in [2.05, 4.69) is 14.9 Å². The molecule has 34 heavy (non-hydrogen) atoms. The first-order valence-electron chi connectivity index (χ1n) is 11.2. The van der Waals surface area contributed by atoms with Gasteiger partial charge in [-0.05, 0) is 19.4 Å². The van der Waals surface area contributed by atoms with E-state index in [4.69, 9.17) is 29.8 Å². The zero-order valence-corrected chi connectivity index (χ0v) is 20.5. The molecule has 12 heteroatoms. The van der Waals surface area contributed by atoms with Crippen molar-refractivity contribution in [3.05, 3.63) is 36.4 Å². The average Bonchev–Trinajstić information content (AvgIpc) is 3.46. The third kappa shape index (κ3) is 8.78. The van der Waals surface area contributed by atoms with Gasteiger partial charge >= 0.3 is 5.97 Å². The number of unbranched alkanes of at least 4 members (excludes halogenated alkanes) is 1. The van der Waals surface area contributed by atoms with Crippen LogP contribution in [0.25, 0.3) is 0 Å². The lowest BCUT2D eigenvalue weighted by Crippen LogP contribution is -2.31. The Morgan fingerprint density at radius 2 is 1.41 bits per heavy atom. The first-order chi connectivity index (χ1) is 16.4. The molecule has 12 nitrogen and oxygen atoms in total. The molecule has 0 amide bonds.